The van der Waals surface area contributed by atoms with Gasteiger partial charge in [0.2, 0.25) is 0 Å². The second-order valence-corrected chi connectivity index (χ2v) is 6.29. The van der Waals surface area contributed by atoms with Crippen molar-refractivity contribution < 1.29 is 14.3 Å². The molecule has 0 saturated carbocycles. The maximum Gasteiger partial charge on any atom is 0.272 e. The monoisotopic (exact) mass is 349 g/mol. The van der Waals surface area contributed by atoms with Gasteiger partial charge in [0.25, 0.3) is 11.8 Å². The lowest BCUT2D eigenvalue weighted by molar-refractivity contribution is -0.124. The Labute approximate surface area is 150 Å². The minimum absolute atomic E-state index is 0.127. The standard InChI is InChI=1S/C20H19N3O3/c24-19(17-12-13-4-1-2-5-16(13)23-17)21-14-7-9-15(10-8-14)22-20(25)18-6-3-11-26-18/h1-2,4-5,7-10,12,18,23H,3,6,11H2,(H,21,24)(H,22,25)/t18-/m0/s1. The Balaban J connectivity index is 1.40. The van der Waals surface area contributed by atoms with Crippen molar-refractivity contribution in [3.8, 4) is 0 Å². The lowest BCUT2D eigenvalue weighted by Crippen LogP contribution is -2.26. The van der Waals surface area contributed by atoms with Crippen LogP contribution in [0.2, 0.25) is 0 Å². The predicted molar refractivity (Wildman–Crippen MR) is 100 cm³/mol. The molecule has 0 unspecified atom stereocenters. The third kappa shape index (κ3) is 3.45. The molecule has 0 spiro atoms. The Morgan fingerprint density at radius 1 is 1.00 bits per heavy atom. The van der Waals surface area contributed by atoms with Crippen molar-refractivity contribution in [3.63, 3.8) is 0 Å². The highest BCUT2D eigenvalue weighted by atomic mass is 16.5. The largest absolute Gasteiger partial charge is 0.368 e. The number of hydrogen-bond acceptors (Lipinski definition) is 3. The van der Waals surface area contributed by atoms with Gasteiger partial charge >= 0.3 is 0 Å². The fourth-order valence-corrected chi connectivity index (χ4v) is 3.04. The van der Waals surface area contributed by atoms with Crippen LogP contribution < -0.4 is 10.6 Å². The third-order valence-corrected chi connectivity index (χ3v) is 4.41. The van der Waals surface area contributed by atoms with E-state index in [1.54, 1.807) is 24.3 Å². The van der Waals surface area contributed by atoms with Crippen molar-refractivity contribution in [2.45, 2.75) is 18.9 Å². The normalized spacial score (nSPS) is 16.5. The van der Waals surface area contributed by atoms with Crippen LogP contribution in [0, 0.1) is 0 Å². The molecule has 0 aliphatic carbocycles. The van der Waals surface area contributed by atoms with Crippen LogP contribution in [0.4, 0.5) is 11.4 Å². The Bertz CT molecular complexity index is 907. The molecule has 1 atom stereocenters. The second-order valence-electron chi connectivity index (χ2n) is 6.29. The van der Waals surface area contributed by atoms with Crippen molar-refractivity contribution >= 4 is 34.1 Å². The molecule has 1 aliphatic rings. The molecule has 1 aliphatic heterocycles. The van der Waals surface area contributed by atoms with Gasteiger partial charge < -0.3 is 20.4 Å². The molecule has 26 heavy (non-hydrogen) atoms. The average molecular weight is 349 g/mol. The SMILES string of the molecule is O=C(Nc1ccc(NC(=O)[C@@H]2CCCO2)cc1)c1cc2ccccc2[nH]1. The van der Waals surface area contributed by atoms with Crippen LogP contribution in [0.5, 0.6) is 0 Å². The van der Waals surface area contributed by atoms with Crippen LogP contribution in [0.25, 0.3) is 10.9 Å². The van der Waals surface area contributed by atoms with Crippen LogP contribution in [0.1, 0.15) is 23.3 Å². The summed E-state index contributed by atoms with van der Waals surface area (Å²) in [6, 6.07) is 16.6. The van der Waals surface area contributed by atoms with E-state index in [0.29, 0.717) is 23.7 Å². The molecule has 2 heterocycles. The van der Waals surface area contributed by atoms with Crippen LogP contribution in [-0.4, -0.2) is 29.5 Å². The number of para-hydroxylation sites is 1. The summed E-state index contributed by atoms with van der Waals surface area (Å²) in [6.45, 7) is 0.636. The molecule has 2 amide bonds. The molecule has 1 fully saturated rings. The maximum absolute atomic E-state index is 12.4. The summed E-state index contributed by atoms with van der Waals surface area (Å²) in [5.41, 5.74) is 2.75. The molecule has 6 heteroatoms. The van der Waals surface area contributed by atoms with Crippen molar-refractivity contribution in [2.75, 3.05) is 17.2 Å². The van der Waals surface area contributed by atoms with Gasteiger partial charge in [-0.2, -0.15) is 0 Å². The van der Waals surface area contributed by atoms with Crippen LogP contribution in [-0.2, 0) is 9.53 Å². The minimum Gasteiger partial charge on any atom is -0.368 e. The second kappa shape index (κ2) is 7.01. The van der Waals surface area contributed by atoms with Gasteiger partial charge in [0.05, 0.1) is 0 Å². The molecule has 1 saturated heterocycles. The molecule has 132 valence electrons. The number of H-pyrrole nitrogens is 1. The molecule has 1 aromatic heterocycles. The van der Waals surface area contributed by atoms with E-state index >= 15 is 0 Å². The van der Waals surface area contributed by atoms with Crippen molar-refractivity contribution in [1.29, 1.82) is 0 Å². The Morgan fingerprint density at radius 2 is 1.73 bits per heavy atom. The van der Waals surface area contributed by atoms with Crippen molar-refractivity contribution in [3.05, 3.63) is 60.3 Å². The van der Waals surface area contributed by atoms with Gasteiger partial charge in [-0.1, -0.05) is 18.2 Å². The summed E-state index contributed by atoms with van der Waals surface area (Å²) in [5.74, 6) is -0.338. The number of nitrogens with one attached hydrogen (secondary N) is 3. The highest BCUT2D eigenvalue weighted by molar-refractivity contribution is 6.06. The van der Waals surface area contributed by atoms with Gasteiger partial charge in [-0.25, -0.2) is 0 Å². The zero-order valence-corrected chi connectivity index (χ0v) is 14.1. The fourth-order valence-electron chi connectivity index (χ4n) is 3.04. The topological polar surface area (TPSA) is 83.2 Å². The highest BCUT2D eigenvalue weighted by Crippen LogP contribution is 2.19. The first kappa shape index (κ1) is 16.4. The summed E-state index contributed by atoms with van der Waals surface area (Å²) in [7, 11) is 0. The molecule has 0 radical (unpaired) electrons. The van der Waals surface area contributed by atoms with Gasteiger partial charge in [0, 0.05) is 28.9 Å². The van der Waals surface area contributed by atoms with E-state index in [-0.39, 0.29) is 17.9 Å². The molecule has 2 aromatic carbocycles. The quantitative estimate of drug-likeness (QED) is 0.674. The zero-order valence-electron chi connectivity index (χ0n) is 14.1. The zero-order chi connectivity index (χ0) is 17.9. The Kier molecular flexibility index (Phi) is 4.41. The minimum atomic E-state index is -0.364. The smallest absolute Gasteiger partial charge is 0.272 e. The van der Waals surface area contributed by atoms with E-state index in [1.807, 2.05) is 30.3 Å². The number of aromatic nitrogens is 1. The third-order valence-electron chi connectivity index (χ3n) is 4.41. The number of aromatic amines is 1. The molecular formula is C20H19N3O3. The number of benzene rings is 2. The molecule has 4 rings (SSSR count). The maximum atomic E-state index is 12.4. The van der Waals surface area contributed by atoms with E-state index in [9.17, 15) is 9.59 Å². The van der Waals surface area contributed by atoms with Gasteiger partial charge in [-0.15, -0.1) is 0 Å². The Hall–Kier alpha value is -3.12. The fraction of sp³-hybridized carbons (Fsp3) is 0.200. The lowest BCUT2D eigenvalue weighted by atomic mass is 10.2. The van der Waals surface area contributed by atoms with Gasteiger partial charge in [-0.05, 0) is 49.2 Å². The number of ether oxygens (including phenoxy) is 1. The summed E-state index contributed by atoms with van der Waals surface area (Å²) >= 11 is 0. The van der Waals surface area contributed by atoms with E-state index in [0.717, 1.165) is 23.7 Å². The number of carbonyl (C=O) groups excluding carboxylic acids is 2. The number of amides is 2. The van der Waals surface area contributed by atoms with Gasteiger partial charge in [0.1, 0.15) is 11.8 Å². The first-order chi connectivity index (χ1) is 12.7. The van der Waals surface area contributed by atoms with Crippen LogP contribution >= 0.6 is 0 Å². The van der Waals surface area contributed by atoms with Crippen LogP contribution in [0.3, 0.4) is 0 Å². The lowest BCUT2D eigenvalue weighted by Gasteiger charge is -2.11. The summed E-state index contributed by atoms with van der Waals surface area (Å²) in [4.78, 5) is 27.5. The first-order valence-corrected chi connectivity index (χ1v) is 8.61. The van der Waals surface area contributed by atoms with E-state index < -0.39 is 0 Å². The van der Waals surface area contributed by atoms with E-state index in [1.165, 1.54) is 0 Å². The van der Waals surface area contributed by atoms with Crippen LogP contribution in [0.15, 0.2) is 54.6 Å². The summed E-state index contributed by atoms with van der Waals surface area (Å²) < 4.78 is 5.36. The summed E-state index contributed by atoms with van der Waals surface area (Å²) in [5, 5.41) is 6.67. The molecule has 6 nitrogen and oxygen atoms in total. The summed E-state index contributed by atoms with van der Waals surface area (Å²) in [6.07, 6.45) is 1.30. The number of anilines is 2. The van der Waals surface area contributed by atoms with Crippen molar-refractivity contribution in [2.24, 2.45) is 0 Å². The van der Waals surface area contributed by atoms with E-state index in [2.05, 4.69) is 15.6 Å². The predicted octanol–water partition coefficient (Wildman–Crippen LogP) is 3.54. The molecule has 3 aromatic rings. The molecular weight excluding hydrogens is 330 g/mol. The number of fused-ring (bicyclic) bond motifs is 1. The number of hydrogen-bond donors (Lipinski definition) is 3. The number of carbonyl (C=O) groups is 2. The highest BCUT2D eigenvalue weighted by Gasteiger charge is 2.23. The van der Waals surface area contributed by atoms with Crippen molar-refractivity contribution in [1.82, 2.24) is 4.98 Å². The van der Waals surface area contributed by atoms with Gasteiger partial charge in [-0.3, -0.25) is 9.59 Å². The Morgan fingerprint density at radius 3 is 2.42 bits per heavy atom. The molecule has 0 bridgehead atoms. The van der Waals surface area contributed by atoms with Gasteiger partial charge in [0.15, 0.2) is 0 Å². The average Bonchev–Trinajstić information content (AvgIpc) is 3.33. The molecule has 3 N–H and O–H groups in total. The first-order valence-electron chi connectivity index (χ1n) is 8.61. The van der Waals surface area contributed by atoms with E-state index in [4.69, 9.17) is 4.74 Å². The number of rotatable bonds is 4.